The maximum Gasteiger partial charge on any atom is 0.416 e. The first-order valence-electron chi connectivity index (χ1n) is 10.3. The number of hydrogen-bond acceptors (Lipinski definition) is 4. The normalized spacial score (nSPS) is 11.5. The van der Waals surface area contributed by atoms with Gasteiger partial charge in [0.05, 0.1) is 16.1 Å². The van der Waals surface area contributed by atoms with Crippen LogP contribution >= 0.6 is 11.6 Å². The summed E-state index contributed by atoms with van der Waals surface area (Å²) in [5.74, 6) is -1.25. The molecule has 2 aromatic carbocycles. The topological polar surface area (TPSA) is 113 Å². The summed E-state index contributed by atoms with van der Waals surface area (Å²) in [7, 11) is 0. The third-order valence-corrected chi connectivity index (χ3v) is 5.81. The van der Waals surface area contributed by atoms with Crippen molar-refractivity contribution in [3.63, 3.8) is 0 Å². The minimum Gasteiger partial charge on any atom is -0.346 e. The van der Waals surface area contributed by atoms with E-state index in [-0.39, 0.29) is 33.9 Å². The number of H-pyrrole nitrogens is 1. The van der Waals surface area contributed by atoms with E-state index in [1.807, 2.05) is 0 Å². The maximum atomic E-state index is 13.3. The van der Waals surface area contributed by atoms with Crippen LogP contribution in [0.5, 0.6) is 0 Å². The fourth-order valence-electron chi connectivity index (χ4n) is 3.52. The molecule has 0 aliphatic rings. The predicted molar refractivity (Wildman–Crippen MR) is 128 cm³/mol. The summed E-state index contributed by atoms with van der Waals surface area (Å²) >= 11 is 6.35. The van der Waals surface area contributed by atoms with Crippen LogP contribution in [0.15, 0.2) is 54.9 Å². The molecule has 0 aliphatic heterocycles. The second kappa shape index (κ2) is 9.40. The molecule has 180 valence electrons. The lowest BCUT2D eigenvalue weighted by molar-refractivity contribution is -0.138. The molecule has 0 spiro atoms. The number of amides is 2. The maximum absolute atomic E-state index is 13.3. The highest BCUT2D eigenvalue weighted by molar-refractivity contribution is 6.38. The van der Waals surface area contributed by atoms with Gasteiger partial charge in [0, 0.05) is 41.3 Å². The third kappa shape index (κ3) is 4.98. The molecular weight excluding hydrogens is 483 g/mol. The summed E-state index contributed by atoms with van der Waals surface area (Å²) in [6, 6.07) is 9.64. The van der Waals surface area contributed by atoms with Crippen molar-refractivity contribution in [2.45, 2.75) is 19.6 Å². The van der Waals surface area contributed by atoms with Crippen LogP contribution in [-0.2, 0) is 12.7 Å². The lowest BCUT2D eigenvalue weighted by Crippen LogP contribution is -2.17. The average molecular weight is 502 g/mol. The molecule has 0 fully saturated rings. The Balaban J connectivity index is 1.56. The lowest BCUT2D eigenvalue weighted by atomic mass is 10.0. The largest absolute Gasteiger partial charge is 0.416 e. The van der Waals surface area contributed by atoms with Crippen molar-refractivity contribution in [1.82, 2.24) is 9.97 Å². The molecule has 2 amide bonds. The van der Waals surface area contributed by atoms with E-state index in [1.54, 1.807) is 31.3 Å². The number of aromatic nitrogens is 2. The van der Waals surface area contributed by atoms with Gasteiger partial charge in [-0.3, -0.25) is 9.59 Å². The lowest BCUT2D eigenvalue weighted by Gasteiger charge is -2.14. The minimum absolute atomic E-state index is 0.111. The van der Waals surface area contributed by atoms with Gasteiger partial charge in [0.2, 0.25) is 0 Å². The standard InChI is InChI=1S/C24H19ClF3N5O2/c1-12-2-5-15(32-22(34)13-3-4-14(10-29)18(8-13)24(26,27)28)9-19(12)33-23(35)17-11-31-21-16(20(17)25)6-7-30-21/h2-9,11H,10,29H2,1H3,(H,30,31)(H,32,34)(H,33,35). The van der Waals surface area contributed by atoms with Crippen LogP contribution in [0.3, 0.4) is 0 Å². The second-order valence-corrected chi connectivity index (χ2v) is 8.12. The quantitative estimate of drug-likeness (QED) is 0.289. The Labute approximate surface area is 202 Å². The molecule has 7 nitrogen and oxygen atoms in total. The zero-order valence-corrected chi connectivity index (χ0v) is 19.0. The second-order valence-electron chi connectivity index (χ2n) is 7.74. The van der Waals surface area contributed by atoms with Gasteiger partial charge < -0.3 is 21.4 Å². The van der Waals surface area contributed by atoms with E-state index < -0.39 is 23.6 Å². The van der Waals surface area contributed by atoms with Gasteiger partial charge in [0.15, 0.2) is 0 Å². The average Bonchev–Trinajstić information content (AvgIpc) is 3.30. The summed E-state index contributed by atoms with van der Waals surface area (Å²) in [5.41, 5.74) is 6.18. The number of hydrogen-bond donors (Lipinski definition) is 4. The van der Waals surface area contributed by atoms with Crippen molar-refractivity contribution in [3.8, 4) is 0 Å². The number of benzene rings is 2. The first-order chi connectivity index (χ1) is 16.6. The number of aromatic amines is 1. The van der Waals surface area contributed by atoms with E-state index in [0.717, 1.165) is 6.07 Å². The highest BCUT2D eigenvalue weighted by Gasteiger charge is 2.33. The summed E-state index contributed by atoms with van der Waals surface area (Å²) in [6.45, 7) is 1.44. The first-order valence-corrected chi connectivity index (χ1v) is 10.7. The fraction of sp³-hybridized carbons (Fsp3) is 0.125. The van der Waals surface area contributed by atoms with Crippen LogP contribution in [0, 0.1) is 6.92 Å². The van der Waals surface area contributed by atoms with E-state index in [0.29, 0.717) is 22.3 Å². The van der Waals surface area contributed by atoms with Gasteiger partial charge in [-0.1, -0.05) is 23.7 Å². The molecule has 4 rings (SSSR count). The third-order valence-electron chi connectivity index (χ3n) is 5.41. The minimum atomic E-state index is -4.65. The molecule has 0 aliphatic carbocycles. The zero-order chi connectivity index (χ0) is 25.3. The molecule has 2 heterocycles. The van der Waals surface area contributed by atoms with Gasteiger partial charge in [-0.25, -0.2) is 4.98 Å². The Kier molecular flexibility index (Phi) is 6.51. The Morgan fingerprint density at radius 3 is 2.57 bits per heavy atom. The van der Waals surface area contributed by atoms with Gasteiger partial charge in [0.25, 0.3) is 11.8 Å². The van der Waals surface area contributed by atoms with Crippen LogP contribution in [-0.4, -0.2) is 21.8 Å². The number of carbonyl (C=O) groups excluding carboxylic acids is 2. The number of pyridine rings is 1. The Hall–Kier alpha value is -3.89. The number of nitrogens with two attached hydrogens (primary N) is 1. The van der Waals surface area contributed by atoms with Gasteiger partial charge in [-0.2, -0.15) is 13.2 Å². The van der Waals surface area contributed by atoms with Gasteiger partial charge in [-0.15, -0.1) is 0 Å². The highest BCUT2D eigenvalue weighted by Crippen LogP contribution is 2.33. The van der Waals surface area contributed by atoms with Gasteiger partial charge in [0.1, 0.15) is 5.65 Å². The van der Waals surface area contributed by atoms with Crippen LogP contribution in [0.25, 0.3) is 11.0 Å². The van der Waals surface area contributed by atoms with E-state index in [2.05, 4.69) is 20.6 Å². The Morgan fingerprint density at radius 2 is 1.86 bits per heavy atom. The van der Waals surface area contributed by atoms with E-state index in [9.17, 15) is 22.8 Å². The van der Waals surface area contributed by atoms with Crippen LogP contribution in [0.4, 0.5) is 24.5 Å². The van der Waals surface area contributed by atoms with Crippen molar-refractivity contribution >= 4 is 45.8 Å². The first kappa shape index (κ1) is 24.2. The van der Waals surface area contributed by atoms with Gasteiger partial charge >= 0.3 is 6.18 Å². The number of aryl methyl sites for hydroxylation is 1. The number of halogens is 4. The van der Waals surface area contributed by atoms with Crippen molar-refractivity contribution < 1.29 is 22.8 Å². The molecular formula is C24H19ClF3N5O2. The van der Waals surface area contributed by atoms with Gasteiger partial charge in [-0.05, 0) is 48.4 Å². The summed E-state index contributed by atoms with van der Waals surface area (Å²) in [5, 5.41) is 6.12. The summed E-state index contributed by atoms with van der Waals surface area (Å²) < 4.78 is 40.0. The molecule has 0 unspecified atom stereocenters. The van der Waals surface area contributed by atoms with E-state index in [4.69, 9.17) is 17.3 Å². The van der Waals surface area contributed by atoms with Crippen molar-refractivity contribution in [1.29, 1.82) is 0 Å². The van der Waals surface area contributed by atoms with Crippen LogP contribution in [0.1, 0.15) is 37.4 Å². The molecule has 11 heteroatoms. The highest BCUT2D eigenvalue weighted by atomic mass is 35.5. The smallest absolute Gasteiger partial charge is 0.346 e. The number of nitrogens with zero attached hydrogens (tertiary/aromatic N) is 1. The van der Waals surface area contributed by atoms with E-state index in [1.165, 1.54) is 24.4 Å². The zero-order valence-electron chi connectivity index (χ0n) is 18.3. The molecule has 4 aromatic rings. The molecule has 0 saturated carbocycles. The van der Waals surface area contributed by atoms with Crippen molar-refractivity contribution in [2.24, 2.45) is 5.73 Å². The molecule has 0 radical (unpaired) electrons. The SMILES string of the molecule is Cc1ccc(NC(=O)c2ccc(CN)c(C(F)(F)F)c2)cc1NC(=O)c1cnc2[nH]ccc2c1Cl. The number of carbonyl (C=O) groups is 2. The molecule has 5 N–H and O–H groups in total. The number of rotatable bonds is 5. The number of anilines is 2. The number of alkyl halides is 3. The van der Waals surface area contributed by atoms with Crippen LogP contribution in [0.2, 0.25) is 5.02 Å². The van der Waals surface area contributed by atoms with Crippen molar-refractivity contribution in [3.05, 3.63) is 87.7 Å². The molecule has 0 saturated heterocycles. The number of nitrogens with one attached hydrogen (secondary N) is 3. The number of fused-ring (bicyclic) bond motifs is 1. The predicted octanol–water partition coefficient (Wildman–Crippen LogP) is 5.51. The van der Waals surface area contributed by atoms with Crippen molar-refractivity contribution in [2.75, 3.05) is 10.6 Å². The molecule has 35 heavy (non-hydrogen) atoms. The summed E-state index contributed by atoms with van der Waals surface area (Å²) in [6.07, 6.45) is -1.64. The Bertz CT molecular complexity index is 1450. The molecule has 0 atom stereocenters. The monoisotopic (exact) mass is 501 g/mol. The Morgan fingerprint density at radius 1 is 1.09 bits per heavy atom. The van der Waals surface area contributed by atoms with Crippen LogP contribution < -0.4 is 16.4 Å². The molecule has 0 bridgehead atoms. The summed E-state index contributed by atoms with van der Waals surface area (Å²) in [4.78, 5) is 32.6. The fourth-order valence-corrected chi connectivity index (χ4v) is 3.81. The van der Waals surface area contributed by atoms with E-state index >= 15 is 0 Å². The molecule has 2 aromatic heterocycles.